The van der Waals surface area contributed by atoms with Gasteiger partial charge < -0.3 is 10.1 Å². The maximum atomic E-state index is 13.5. The van der Waals surface area contributed by atoms with E-state index in [0.717, 1.165) is 11.6 Å². The van der Waals surface area contributed by atoms with Gasteiger partial charge in [0.05, 0.1) is 17.7 Å². The van der Waals surface area contributed by atoms with Crippen molar-refractivity contribution in [1.82, 2.24) is 10.3 Å². The summed E-state index contributed by atoms with van der Waals surface area (Å²) in [7, 11) is 1.24. The number of methoxy groups -OCH3 is 1. The molecule has 5 nitrogen and oxygen atoms in total. The van der Waals surface area contributed by atoms with E-state index in [0.29, 0.717) is 0 Å². The highest BCUT2D eigenvalue weighted by Crippen LogP contribution is 2.20. The number of halogens is 2. The fraction of sp³-hybridized carbons (Fsp3) is 0.235. The number of nitrogens with zero attached hydrogens (tertiary/aromatic N) is 1. The summed E-state index contributed by atoms with van der Waals surface area (Å²) in [6, 6.07) is 4.98. The summed E-state index contributed by atoms with van der Waals surface area (Å²) in [6.07, 6.45) is 3.41. The number of hydrogen-bond acceptors (Lipinski definition) is 4. The van der Waals surface area contributed by atoms with E-state index < -0.39 is 23.7 Å². The fourth-order valence-electron chi connectivity index (χ4n) is 2.16. The van der Waals surface area contributed by atoms with Gasteiger partial charge in [0.15, 0.2) is 0 Å². The van der Waals surface area contributed by atoms with Crippen LogP contribution in [0.1, 0.15) is 21.5 Å². The van der Waals surface area contributed by atoms with Gasteiger partial charge in [-0.1, -0.05) is 11.6 Å². The van der Waals surface area contributed by atoms with Crippen molar-refractivity contribution in [3.63, 3.8) is 0 Å². The number of carbonyl (C=O) groups excluding carboxylic acids is 2. The topological polar surface area (TPSA) is 68.3 Å². The van der Waals surface area contributed by atoms with Gasteiger partial charge in [-0.05, 0) is 42.3 Å². The summed E-state index contributed by atoms with van der Waals surface area (Å²) >= 11 is 5.93. The largest absolute Gasteiger partial charge is 0.467 e. The van der Waals surface area contributed by atoms with E-state index in [1.165, 1.54) is 20.1 Å². The predicted octanol–water partition coefficient (Wildman–Crippen LogP) is 2.70. The van der Waals surface area contributed by atoms with E-state index in [1.807, 2.05) is 0 Å². The highest BCUT2D eigenvalue weighted by molar-refractivity contribution is 6.33. The number of amides is 1. The van der Waals surface area contributed by atoms with E-state index in [-0.39, 0.29) is 22.6 Å². The number of aryl methyl sites for hydroxylation is 1. The Morgan fingerprint density at radius 3 is 2.62 bits per heavy atom. The Morgan fingerprint density at radius 1 is 1.33 bits per heavy atom. The number of pyridine rings is 1. The maximum Gasteiger partial charge on any atom is 0.328 e. The minimum Gasteiger partial charge on any atom is -0.467 e. The molecule has 0 aliphatic heterocycles. The van der Waals surface area contributed by atoms with Crippen molar-refractivity contribution < 1.29 is 18.7 Å². The smallest absolute Gasteiger partial charge is 0.328 e. The van der Waals surface area contributed by atoms with Gasteiger partial charge in [0.2, 0.25) is 0 Å². The third-order valence-electron chi connectivity index (χ3n) is 3.47. The van der Waals surface area contributed by atoms with Gasteiger partial charge in [-0.15, -0.1) is 0 Å². The lowest BCUT2D eigenvalue weighted by Gasteiger charge is -2.17. The van der Waals surface area contributed by atoms with Crippen LogP contribution in [0.25, 0.3) is 0 Å². The van der Waals surface area contributed by atoms with Gasteiger partial charge in [0.1, 0.15) is 11.9 Å². The molecule has 2 aromatic rings. The molecule has 0 bridgehead atoms. The molecule has 1 amide bonds. The lowest BCUT2D eigenvalue weighted by atomic mass is 10.1. The van der Waals surface area contributed by atoms with Gasteiger partial charge in [-0.25, -0.2) is 9.18 Å². The Bertz CT molecular complexity index is 753. The number of hydrogen-bond donors (Lipinski definition) is 1. The average Bonchev–Trinajstić information content (AvgIpc) is 2.57. The number of carbonyl (C=O) groups is 2. The van der Waals surface area contributed by atoms with Gasteiger partial charge in [0, 0.05) is 18.8 Å². The van der Waals surface area contributed by atoms with Crippen LogP contribution in [0, 0.1) is 12.7 Å². The Morgan fingerprint density at radius 2 is 2.00 bits per heavy atom. The highest BCUT2D eigenvalue weighted by atomic mass is 35.5. The van der Waals surface area contributed by atoms with Gasteiger partial charge in [-0.3, -0.25) is 9.78 Å². The molecule has 1 N–H and O–H groups in total. The second-order valence-corrected chi connectivity index (χ2v) is 5.60. The Kier molecular flexibility index (Phi) is 5.87. The molecule has 0 saturated carbocycles. The number of aromatic nitrogens is 1. The Hall–Kier alpha value is -2.47. The maximum absolute atomic E-state index is 13.5. The van der Waals surface area contributed by atoms with Crippen LogP contribution in [0.2, 0.25) is 5.02 Å². The normalized spacial score (nSPS) is 11.7. The summed E-state index contributed by atoms with van der Waals surface area (Å²) in [6.45, 7) is 1.53. The van der Waals surface area contributed by atoms with Crippen molar-refractivity contribution in [1.29, 1.82) is 0 Å². The van der Waals surface area contributed by atoms with Gasteiger partial charge in [-0.2, -0.15) is 0 Å². The van der Waals surface area contributed by atoms with Gasteiger partial charge >= 0.3 is 5.97 Å². The van der Waals surface area contributed by atoms with Crippen molar-refractivity contribution in [2.24, 2.45) is 0 Å². The van der Waals surface area contributed by atoms with Crippen molar-refractivity contribution in [2.45, 2.75) is 19.4 Å². The number of ether oxygens (including phenoxy) is 1. The Labute approximate surface area is 143 Å². The van der Waals surface area contributed by atoms with Crippen LogP contribution in [-0.2, 0) is 16.0 Å². The summed E-state index contributed by atoms with van der Waals surface area (Å²) in [5, 5.41) is 2.55. The number of benzene rings is 1. The van der Waals surface area contributed by atoms with Crippen LogP contribution >= 0.6 is 11.6 Å². The first-order valence-electron chi connectivity index (χ1n) is 7.15. The molecule has 0 fully saturated rings. The van der Waals surface area contributed by atoms with Gasteiger partial charge in [0.25, 0.3) is 5.91 Å². The summed E-state index contributed by atoms with van der Waals surface area (Å²) < 4.78 is 18.2. The molecule has 24 heavy (non-hydrogen) atoms. The third-order valence-corrected chi connectivity index (χ3v) is 3.79. The molecular formula is C17H16ClFN2O3. The SMILES string of the molecule is COC(=O)C(Cc1ccncc1)NC(=O)c1cc(C)c(F)cc1Cl. The van der Waals surface area contributed by atoms with E-state index in [1.54, 1.807) is 24.5 Å². The standard InChI is InChI=1S/C17H16ClFN2O3/c1-10-7-12(13(18)9-14(10)19)16(22)21-15(17(23)24-2)8-11-3-5-20-6-4-11/h3-7,9,15H,8H2,1-2H3,(H,21,22). The molecule has 2 rings (SSSR count). The van der Waals surface area contributed by atoms with E-state index in [2.05, 4.69) is 10.3 Å². The average molecular weight is 351 g/mol. The van der Waals surface area contributed by atoms with Crippen molar-refractivity contribution in [3.05, 3.63) is 64.2 Å². The zero-order valence-electron chi connectivity index (χ0n) is 13.2. The van der Waals surface area contributed by atoms with Crippen LogP contribution in [0.5, 0.6) is 0 Å². The molecule has 1 heterocycles. The van der Waals surface area contributed by atoms with Crippen LogP contribution in [0.4, 0.5) is 4.39 Å². The highest BCUT2D eigenvalue weighted by Gasteiger charge is 2.24. The lowest BCUT2D eigenvalue weighted by molar-refractivity contribution is -0.142. The fourth-order valence-corrected chi connectivity index (χ4v) is 2.39. The monoisotopic (exact) mass is 350 g/mol. The molecule has 7 heteroatoms. The molecule has 1 unspecified atom stereocenters. The van der Waals surface area contributed by atoms with E-state index >= 15 is 0 Å². The zero-order valence-corrected chi connectivity index (χ0v) is 13.9. The van der Waals surface area contributed by atoms with Crippen LogP contribution in [0.3, 0.4) is 0 Å². The van der Waals surface area contributed by atoms with Crippen molar-refractivity contribution >= 4 is 23.5 Å². The first-order valence-corrected chi connectivity index (χ1v) is 7.53. The third kappa shape index (κ3) is 4.29. The zero-order chi connectivity index (χ0) is 17.7. The molecule has 1 aromatic carbocycles. The molecule has 126 valence electrons. The summed E-state index contributed by atoms with van der Waals surface area (Å²) in [4.78, 5) is 28.3. The second-order valence-electron chi connectivity index (χ2n) is 5.19. The predicted molar refractivity (Wildman–Crippen MR) is 87.4 cm³/mol. The minimum absolute atomic E-state index is 0.0249. The van der Waals surface area contributed by atoms with Crippen molar-refractivity contribution in [3.8, 4) is 0 Å². The minimum atomic E-state index is -0.897. The number of nitrogens with one attached hydrogen (secondary N) is 1. The van der Waals surface area contributed by atoms with E-state index in [9.17, 15) is 14.0 Å². The first kappa shape index (κ1) is 17.9. The van der Waals surface area contributed by atoms with Crippen LogP contribution in [0.15, 0.2) is 36.7 Å². The molecule has 0 spiro atoms. The van der Waals surface area contributed by atoms with Crippen LogP contribution in [-0.4, -0.2) is 30.0 Å². The van der Waals surface area contributed by atoms with Crippen molar-refractivity contribution in [2.75, 3.05) is 7.11 Å². The molecule has 1 atom stereocenters. The number of esters is 1. The molecule has 0 aliphatic carbocycles. The lowest BCUT2D eigenvalue weighted by Crippen LogP contribution is -2.43. The molecule has 0 saturated heterocycles. The quantitative estimate of drug-likeness (QED) is 0.842. The summed E-state index contributed by atoms with van der Waals surface area (Å²) in [5.41, 5.74) is 1.19. The molecule has 0 radical (unpaired) electrons. The second kappa shape index (κ2) is 7.88. The first-order chi connectivity index (χ1) is 11.4. The molecule has 0 aliphatic rings. The summed E-state index contributed by atoms with van der Waals surface area (Å²) in [5.74, 6) is -1.67. The van der Waals surface area contributed by atoms with Crippen LogP contribution < -0.4 is 5.32 Å². The van der Waals surface area contributed by atoms with E-state index in [4.69, 9.17) is 16.3 Å². The number of rotatable bonds is 5. The molecular weight excluding hydrogens is 335 g/mol. The molecule has 1 aromatic heterocycles. The Balaban J connectivity index is 2.21.